The first-order valence-electron chi connectivity index (χ1n) is 6.83. The van der Waals surface area contributed by atoms with Crippen LogP contribution in [0.2, 0.25) is 0 Å². The van der Waals surface area contributed by atoms with Crippen LogP contribution in [0.1, 0.15) is 17.1 Å². The van der Waals surface area contributed by atoms with E-state index >= 15 is 0 Å². The molecular weight excluding hydrogens is 292 g/mol. The predicted molar refractivity (Wildman–Crippen MR) is 84.1 cm³/mol. The van der Waals surface area contributed by atoms with Crippen molar-refractivity contribution in [1.82, 2.24) is 4.98 Å². The molecule has 1 aromatic carbocycles. The third-order valence-electron chi connectivity index (χ3n) is 3.37. The van der Waals surface area contributed by atoms with Crippen LogP contribution in [0.4, 0.5) is 5.69 Å². The van der Waals surface area contributed by atoms with Gasteiger partial charge >= 0.3 is 0 Å². The highest BCUT2D eigenvalue weighted by atomic mass is 35.5. The summed E-state index contributed by atoms with van der Waals surface area (Å²) in [6, 6.07) is 8.26. The number of anilines is 1. The van der Waals surface area contributed by atoms with E-state index in [4.69, 9.17) is 16.3 Å². The fourth-order valence-corrected chi connectivity index (χ4v) is 3.40. The summed E-state index contributed by atoms with van der Waals surface area (Å²) in [6.45, 7) is 2.79. The van der Waals surface area contributed by atoms with Gasteiger partial charge in [0, 0.05) is 24.9 Å². The summed E-state index contributed by atoms with van der Waals surface area (Å²) in [7, 11) is 0. The molecule has 1 aromatic heterocycles. The second-order valence-corrected chi connectivity index (χ2v) is 5.98. The van der Waals surface area contributed by atoms with Gasteiger partial charge in [-0.05, 0) is 18.6 Å². The first-order chi connectivity index (χ1) is 9.86. The number of nitrogens with zero attached hydrogens (tertiary/aromatic N) is 2. The predicted octanol–water partition coefficient (Wildman–Crippen LogP) is 3.71. The lowest BCUT2D eigenvalue weighted by Crippen LogP contribution is -2.26. The van der Waals surface area contributed by atoms with E-state index < -0.39 is 0 Å². The van der Waals surface area contributed by atoms with Crippen molar-refractivity contribution in [3.05, 3.63) is 40.3 Å². The van der Waals surface area contributed by atoms with Crippen molar-refractivity contribution in [3.63, 3.8) is 0 Å². The Kier molecular flexibility index (Phi) is 4.43. The van der Waals surface area contributed by atoms with Crippen molar-refractivity contribution in [3.8, 4) is 5.75 Å². The number of aromatic nitrogens is 1. The largest absolute Gasteiger partial charge is 0.491 e. The molecule has 0 bridgehead atoms. The minimum absolute atomic E-state index is 0.497. The van der Waals surface area contributed by atoms with Crippen molar-refractivity contribution in [2.45, 2.75) is 18.7 Å². The van der Waals surface area contributed by atoms with E-state index in [1.807, 2.05) is 17.5 Å². The van der Waals surface area contributed by atoms with E-state index in [0.717, 1.165) is 49.0 Å². The Morgan fingerprint density at radius 2 is 2.25 bits per heavy atom. The van der Waals surface area contributed by atoms with Crippen molar-refractivity contribution < 1.29 is 4.74 Å². The van der Waals surface area contributed by atoms with E-state index in [2.05, 4.69) is 22.0 Å². The number of halogens is 1. The van der Waals surface area contributed by atoms with E-state index in [1.165, 1.54) is 5.69 Å². The highest BCUT2D eigenvalue weighted by Gasteiger charge is 2.16. The molecule has 1 aliphatic rings. The molecule has 0 amide bonds. The Balaban J connectivity index is 1.70. The fraction of sp³-hybridized carbons (Fsp3) is 0.400. The smallest absolute Gasteiger partial charge is 0.142 e. The van der Waals surface area contributed by atoms with Gasteiger partial charge in [-0.15, -0.1) is 22.9 Å². The van der Waals surface area contributed by atoms with Crippen LogP contribution < -0.4 is 9.64 Å². The number of hydrogen-bond acceptors (Lipinski definition) is 4. The van der Waals surface area contributed by atoms with Crippen LogP contribution in [-0.2, 0) is 12.3 Å². The minimum atomic E-state index is 0.497. The zero-order valence-electron chi connectivity index (χ0n) is 11.2. The first kappa shape index (κ1) is 13.7. The third-order valence-corrected chi connectivity index (χ3v) is 4.60. The van der Waals surface area contributed by atoms with E-state index in [-0.39, 0.29) is 0 Å². The summed E-state index contributed by atoms with van der Waals surface area (Å²) < 4.78 is 5.78. The maximum atomic E-state index is 5.79. The van der Waals surface area contributed by atoms with Crippen LogP contribution >= 0.6 is 22.9 Å². The summed E-state index contributed by atoms with van der Waals surface area (Å²) in [6.07, 6.45) is 2.01. The molecule has 2 heterocycles. The third kappa shape index (κ3) is 3.07. The van der Waals surface area contributed by atoms with Gasteiger partial charge in [-0.25, -0.2) is 4.98 Å². The van der Waals surface area contributed by atoms with Crippen LogP contribution in [0.3, 0.4) is 0 Å². The molecule has 0 aliphatic carbocycles. The summed E-state index contributed by atoms with van der Waals surface area (Å²) in [5.74, 6) is 1.49. The van der Waals surface area contributed by atoms with Gasteiger partial charge in [0.2, 0.25) is 0 Å². The molecule has 0 fully saturated rings. The molecule has 106 valence electrons. The van der Waals surface area contributed by atoms with Crippen LogP contribution in [0.25, 0.3) is 0 Å². The van der Waals surface area contributed by atoms with Crippen LogP contribution in [0.5, 0.6) is 5.75 Å². The number of hydrogen-bond donors (Lipinski definition) is 0. The molecule has 0 saturated heterocycles. The summed E-state index contributed by atoms with van der Waals surface area (Å²) >= 11 is 7.49. The summed E-state index contributed by atoms with van der Waals surface area (Å²) in [4.78, 5) is 6.91. The average Bonchev–Trinajstić information content (AvgIpc) is 2.85. The molecule has 3 rings (SSSR count). The summed E-state index contributed by atoms with van der Waals surface area (Å²) in [5.41, 5.74) is 2.17. The topological polar surface area (TPSA) is 25.4 Å². The lowest BCUT2D eigenvalue weighted by molar-refractivity contribution is 0.322. The Hall–Kier alpha value is -1.26. The molecule has 0 unspecified atom stereocenters. The molecule has 0 atom stereocenters. The van der Waals surface area contributed by atoms with Gasteiger partial charge in [0.05, 0.1) is 28.9 Å². The first-order valence-corrected chi connectivity index (χ1v) is 8.24. The highest BCUT2D eigenvalue weighted by molar-refractivity contribution is 7.09. The molecule has 1 aliphatic heterocycles. The van der Waals surface area contributed by atoms with Gasteiger partial charge < -0.3 is 9.64 Å². The molecule has 0 spiro atoms. The number of alkyl halides is 1. The SMILES string of the molecule is ClCc1csc(CCN2CCCOc3ccccc32)n1. The number of para-hydroxylation sites is 2. The molecular formula is C15H17ClN2OS. The van der Waals surface area contributed by atoms with E-state index in [1.54, 1.807) is 11.3 Å². The van der Waals surface area contributed by atoms with Crippen LogP contribution in [-0.4, -0.2) is 24.7 Å². The van der Waals surface area contributed by atoms with Gasteiger partial charge in [0.15, 0.2) is 0 Å². The normalized spacial score (nSPS) is 14.6. The highest BCUT2D eigenvalue weighted by Crippen LogP contribution is 2.30. The second-order valence-electron chi connectivity index (χ2n) is 4.77. The lowest BCUT2D eigenvalue weighted by Gasteiger charge is -2.23. The van der Waals surface area contributed by atoms with E-state index in [9.17, 15) is 0 Å². The van der Waals surface area contributed by atoms with Gasteiger partial charge in [-0.2, -0.15) is 0 Å². The van der Waals surface area contributed by atoms with Crippen molar-refractivity contribution in [2.24, 2.45) is 0 Å². The lowest BCUT2D eigenvalue weighted by atomic mass is 10.2. The Labute approximate surface area is 128 Å². The van der Waals surface area contributed by atoms with E-state index in [0.29, 0.717) is 5.88 Å². The van der Waals surface area contributed by atoms with Crippen LogP contribution in [0, 0.1) is 0 Å². The number of benzene rings is 1. The quantitative estimate of drug-likeness (QED) is 0.805. The number of ether oxygens (including phenoxy) is 1. The second kappa shape index (κ2) is 6.46. The Morgan fingerprint density at radius 3 is 3.10 bits per heavy atom. The number of thiazole rings is 1. The maximum Gasteiger partial charge on any atom is 0.142 e. The van der Waals surface area contributed by atoms with Gasteiger partial charge in [0.25, 0.3) is 0 Å². The number of fused-ring (bicyclic) bond motifs is 1. The molecule has 20 heavy (non-hydrogen) atoms. The fourth-order valence-electron chi connectivity index (χ4n) is 2.39. The molecule has 5 heteroatoms. The van der Waals surface area contributed by atoms with Gasteiger partial charge in [-0.1, -0.05) is 12.1 Å². The van der Waals surface area contributed by atoms with Crippen LogP contribution in [0.15, 0.2) is 29.6 Å². The van der Waals surface area contributed by atoms with Gasteiger partial charge in [-0.3, -0.25) is 0 Å². The average molecular weight is 309 g/mol. The zero-order chi connectivity index (χ0) is 13.8. The van der Waals surface area contributed by atoms with Crippen molar-refractivity contribution >= 4 is 28.6 Å². The Morgan fingerprint density at radius 1 is 1.35 bits per heavy atom. The standard InChI is InChI=1S/C15H17ClN2OS/c16-10-12-11-20-15(17-12)6-8-18-7-3-9-19-14-5-2-1-4-13(14)18/h1-2,4-5,11H,3,6-10H2. The molecule has 2 aromatic rings. The molecule has 0 N–H and O–H groups in total. The monoisotopic (exact) mass is 308 g/mol. The minimum Gasteiger partial charge on any atom is -0.491 e. The Bertz CT molecular complexity index is 573. The van der Waals surface area contributed by atoms with Crippen molar-refractivity contribution in [2.75, 3.05) is 24.6 Å². The maximum absolute atomic E-state index is 5.79. The summed E-state index contributed by atoms with van der Waals surface area (Å²) in [5, 5.41) is 3.20. The van der Waals surface area contributed by atoms with Gasteiger partial charge in [0.1, 0.15) is 5.75 Å². The number of rotatable bonds is 4. The molecule has 0 radical (unpaired) electrons. The van der Waals surface area contributed by atoms with Crippen molar-refractivity contribution in [1.29, 1.82) is 0 Å². The molecule has 0 saturated carbocycles. The molecule has 3 nitrogen and oxygen atoms in total. The zero-order valence-corrected chi connectivity index (χ0v) is 12.8.